The quantitative estimate of drug-likeness (QED) is 0.771. The molecule has 1 N–H and O–H groups in total. The lowest BCUT2D eigenvalue weighted by atomic mass is 10.2. The fourth-order valence-corrected chi connectivity index (χ4v) is 2.32. The van der Waals surface area contributed by atoms with Gasteiger partial charge in [0.05, 0.1) is 17.9 Å². The highest BCUT2D eigenvalue weighted by Gasteiger charge is 2.07. The Morgan fingerprint density at radius 1 is 1.11 bits per heavy atom. The van der Waals surface area contributed by atoms with Crippen molar-refractivity contribution in [2.24, 2.45) is 0 Å². The van der Waals surface area contributed by atoms with Crippen molar-refractivity contribution >= 4 is 11.3 Å². The van der Waals surface area contributed by atoms with E-state index in [2.05, 4.69) is 59.0 Å². The monoisotopic (exact) mass is 251 g/mol. The molecule has 1 aromatic carbocycles. The maximum Gasteiger partial charge on any atom is 0.137 e. The number of hydrogen-bond acceptors (Lipinski definition) is 2. The Morgan fingerprint density at radius 3 is 2.84 bits per heavy atom. The van der Waals surface area contributed by atoms with Gasteiger partial charge in [-0.05, 0) is 43.7 Å². The third-order valence-electron chi connectivity index (χ3n) is 3.31. The van der Waals surface area contributed by atoms with Crippen LogP contribution < -0.4 is 5.32 Å². The van der Waals surface area contributed by atoms with Gasteiger partial charge in [0.25, 0.3) is 0 Å². The number of rotatable bonds is 3. The first-order valence-electron chi connectivity index (χ1n) is 6.47. The Kier molecular flexibility index (Phi) is 2.95. The average molecular weight is 251 g/mol. The summed E-state index contributed by atoms with van der Waals surface area (Å²) in [6, 6.07) is 14.5. The molecule has 3 nitrogen and oxygen atoms in total. The zero-order chi connectivity index (χ0) is 13.2. The summed E-state index contributed by atoms with van der Waals surface area (Å²) in [6.07, 6.45) is 2.06. The van der Waals surface area contributed by atoms with Crippen molar-refractivity contribution in [2.75, 3.05) is 5.32 Å². The Labute approximate surface area is 112 Å². The first-order chi connectivity index (χ1) is 9.24. The molecule has 2 heterocycles. The molecule has 0 unspecified atom stereocenters. The van der Waals surface area contributed by atoms with Crippen LogP contribution in [0.15, 0.2) is 48.7 Å². The lowest BCUT2D eigenvalue weighted by molar-refractivity contribution is 0.986. The normalized spacial score (nSPS) is 10.8. The standard InChI is InChI=1S/C16H17N3/c1-12-6-5-7-14(10-12)17-11-15-13(2)18-16-8-3-4-9-19(15)16/h3-10,17H,11H2,1-2H3. The minimum Gasteiger partial charge on any atom is -0.379 e. The molecule has 2 aromatic heterocycles. The molecule has 96 valence electrons. The fraction of sp³-hybridized carbons (Fsp3) is 0.188. The van der Waals surface area contributed by atoms with Gasteiger partial charge in [0.15, 0.2) is 0 Å². The Balaban J connectivity index is 1.87. The molecule has 0 saturated carbocycles. The Morgan fingerprint density at radius 2 is 2.00 bits per heavy atom. The lowest BCUT2D eigenvalue weighted by Crippen LogP contribution is -2.04. The fourth-order valence-electron chi connectivity index (χ4n) is 2.32. The van der Waals surface area contributed by atoms with Gasteiger partial charge < -0.3 is 9.72 Å². The summed E-state index contributed by atoms with van der Waals surface area (Å²) in [5.74, 6) is 0. The summed E-state index contributed by atoms with van der Waals surface area (Å²) in [6.45, 7) is 4.94. The molecule has 0 bridgehead atoms. The van der Waals surface area contributed by atoms with Crippen LogP contribution in [0.1, 0.15) is 17.0 Å². The minimum atomic E-state index is 0.778. The number of hydrogen-bond donors (Lipinski definition) is 1. The minimum absolute atomic E-state index is 0.778. The predicted molar refractivity (Wildman–Crippen MR) is 78.4 cm³/mol. The highest BCUT2D eigenvalue weighted by atomic mass is 15.0. The first kappa shape index (κ1) is 11.8. The number of nitrogens with one attached hydrogen (secondary N) is 1. The molecule has 0 saturated heterocycles. The van der Waals surface area contributed by atoms with Crippen LogP contribution in [0.5, 0.6) is 0 Å². The lowest BCUT2D eigenvalue weighted by Gasteiger charge is -2.08. The van der Waals surface area contributed by atoms with Gasteiger partial charge in [-0.15, -0.1) is 0 Å². The first-order valence-corrected chi connectivity index (χ1v) is 6.47. The van der Waals surface area contributed by atoms with Gasteiger partial charge in [-0.3, -0.25) is 0 Å². The third kappa shape index (κ3) is 2.32. The molecule has 0 spiro atoms. The van der Waals surface area contributed by atoms with E-state index in [1.807, 2.05) is 18.2 Å². The number of anilines is 1. The van der Waals surface area contributed by atoms with Gasteiger partial charge in [-0.25, -0.2) is 4.98 Å². The molecule has 3 aromatic rings. The van der Waals surface area contributed by atoms with E-state index in [-0.39, 0.29) is 0 Å². The molecular weight excluding hydrogens is 234 g/mol. The Hall–Kier alpha value is -2.29. The molecule has 3 heteroatoms. The van der Waals surface area contributed by atoms with E-state index in [9.17, 15) is 0 Å². The molecule has 19 heavy (non-hydrogen) atoms. The van der Waals surface area contributed by atoms with E-state index < -0.39 is 0 Å². The van der Waals surface area contributed by atoms with Crippen molar-refractivity contribution in [2.45, 2.75) is 20.4 Å². The van der Waals surface area contributed by atoms with Gasteiger partial charge in [0, 0.05) is 11.9 Å². The molecule has 0 aliphatic heterocycles. The van der Waals surface area contributed by atoms with Crippen molar-refractivity contribution in [3.8, 4) is 0 Å². The van der Waals surface area contributed by atoms with E-state index in [0.29, 0.717) is 0 Å². The summed E-state index contributed by atoms with van der Waals surface area (Å²) >= 11 is 0. The second kappa shape index (κ2) is 4.76. The average Bonchev–Trinajstić information content (AvgIpc) is 2.72. The summed E-state index contributed by atoms with van der Waals surface area (Å²) in [5, 5.41) is 3.46. The van der Waals surface area contributed by atoms with Crippen molar-refractivity contribution in [1.82, 2.24) is 9.38 Å². The van der Waals surface area contributed by atoms with Crippen LogP contribution in [-0.2, 0) is 6.54 Å². The van der Waals surface area contributed by atoms with E-state index in [4.69, 9.17) is 0 Å². The molecule has 0 aliphatic carbocycles. The zero-order valence-electron chi connectivity index (χ0n) is 11.2. The van der Waals surface area contributed by atoms with Crippen LogP contribution in [0.25, 0.3) is 5.65 Å². The number of imidazole rings is 1. The van der Waals surface area contributed by atoms with Crippen molar-refractivity contribution in [3.05, 3.63) is 65.6 Å². The number of pyridine rings is 1. The van der Waals surface area contributed by atoms with Crippen molar-refractivity contribution in [3.63, 3.8) is 0 Å². The second-order valence-electron chi connectivity index (χ2n) is 4.80. The maximum atomic E-state index is 4.57. The smallest absolute Gasteiger partial charge is 0.137 e. The van der Waals surface area contributed by atoms with Crippen LogP contribution in [0.4, 0.5) is 5.69 Å². The van der Waals surface area contributed by atoms with Crippen LogP contribution in [0, 0.1) is 13.8 Å². The summed E-state index contributed by atoms with van der Waals surface area (Å²) in [5.41, 5.74) is 5.69. The topological polar surface area (TPSA) is 29.3 Å². The number of nitrogens with zero attached hydrogens (tertiary/aromatic N) is 2. The van der Waals surface area contributed by atoms with Gasteiger partial charge in [0.1, 0.15) is 5.65 Å². The SMILES string of the molecule is Cc1cccc(NCc2c(C)nc3ccccn23)c1. The highest BCUT2D eigenvalue weighted by Crippen LogP contribution is 2.15. The van der Waals surface area contributed by atoms with Gasteiger partial charge in [-0.1, -0.05) is 18.2 Å². The molecule has 0 radical (unpaired) electrons. The van der Waals surface area contributed by atoms with Crippen LogP contribution in [0.3, 0.4) is 0 Å². The van der Waals surface area contributed by atoms with Gasteiger partial charge >= 0.3 is 0 Å². The molecule has 3 rings (SSSR count). The third-order valence-corrected chi connectivity index (χ3v) is 3.31. The summed E-state index contributed by atoms with van der Waals surface area (Å²) in [7, 11) is 0. The number of benzene rings is 1. The van der Waals surface area contributed by atoms with Crippen molar-refractivity contribution < 1.29 is 0 Å². The molecule has 0 amide bonds. The number of fused-ring (bicyclic) bond motifs is 1. The largest absolute Gasteiger partial charge is 0.379 e. The number of aryl methyl sites for hydroxylation is 2. The maximum absolute atomic E-state index is 4.57. The van der Waals surface area contributed by atoms with E-state index in [1.165, 1.54) is 11.3 Å². The van der Waals surface area contributed by atoms with E-state index >= 15 is 0 Å². The van der Waals surface area contributed by atoms with E-state index in [1.54, 1.807) is 0 Å². The van der Waals surface area contributed by atoms with Gasteiger partial charge in [0.2, 0.25) is 0 Å². The molecule has 0 aliphatic rings. The van der Waals surface area contributed by atoms with Crippen molar-refractivity contribution in [1.29, 1.82) is 0 Å². The van der Waals surface area contributed by atoms with E-state index in [0.717, 1.165) is 23.6 Å². The van der Waals surface area contributed by atoms with Crippen LogP contribution >= 0.6 is 0 Å². The Bertz CT molecular complexity index is 713. The predicted octanol–water partition coefficient (Wildman–Crippen LogP) is 3.56. The zero-order valence-corrected chi connectivity index (χ0v) is 11.2. The molecule has 0 fully saturated rings. The highest BCUT2D eigenvalue weighted by molar-refractivity contribution is 5.48. The molecule has 0 atom stereocenters. The number of aromatic nitrogens is 2. The summed E-state index contributed by atoms with van der Waals surface area (Å²) < 4.78 is 2.14. The van der Waals surface area contributed by atoms with Crippen LogP contribution in [0.2, 0.25) is 0 Å². The summed E-state index contributed by atoms with van der Waals surface area (Å²) in [4.78, 5) is 4.57. The molecular formula is C16H17N3. The van der Waals surface area contributed by atoms with Crippen LogP contribution in [-0.4, -0.2) is 9.38 Å². The van der Waals surface area contributed by atoms with Gasteiger partial charge in [-0.2, -0.15) is 0 Å². The second-order valence-corrected chi connectivity index (χ2v) is 4.80.